The van der Waals surface area contributed by atoms with E-state index in [-0.39, 0.29) is 11.7 Å². The quantitative estimate of drug-likeness (QED) is 0.339. The summed E-state index contributed by atoms with van der Waals surface area (Å²) in [7, 11) is 0. The molecular weight excluding hydrogens is 458 g/mol. The highest BCUT2D eigenvalue weighted by molar-refractivity contribution is 9.10. The number of benzene rings is 3. The molecule has 142 valence electrons. The van der Waals surface area contributed by atoms with Crippen LogP contribution in [-0.4, -0.2) is 17.1 Å². The van der Waals surface area contributed by atoms with Gasteiger partial charge in [-0.2, -0.15) is 0 Å². The summed E-state index contributed by atoms with van der Waals surface area (Å²) in [4.78, 5) is 25.7. The van der Waals surface area contributed by atoms with E-state index in [4.69, 9.17) is 11.6 Å². The van der Waals surface area contributed by atoms with E-state index in [2.05, 4.69) is 21.2 Å². The van der Waals surface area contributed by atoms with Crippen molar-refractivity contribution in [3.05, 3.63) is 105 Å². The summed E-state index contributed by atoms with van der Waals surface area (Å²) in [5.41, 5.74) is 2.09. The van der Waals surface area contributed by atoms with E-state index in [9.17, 15) is 9.59 Å². The molecule has 1 amide bonds. The molecule has 1 unspecified atom stereocenters. The molecule has 0 aliphatic rings. The van der Waals surface area contributed by atoms with Gasteiger partial charge >= 0.3 is 0 Å². The molecule has 0 saturated heterocycles. The Labute approximate surface area is 181 Å². The Kier molecular flexibility index (Phi) is 7.31. The van der Waals surface area contributed by atoms with Crippen molar-refractivity contribution < 1.29 is 9.59 Å². The summed E-state index contributed by atoms with van der Waals surface area (Å²) in [5, 5.41) is 2.71. The summed E-state index contributed by atoms with van der Waals surface area (Å²) in [6, 6.07) is 23.5. The zero-order valence-corrected chi connectivity index (χ0v) is 17.9. The SMILES string of the molecule is O=C(NC(SCc1ccccc1)C(=O)c1ccc(Cl)cc1)c1ccc(Br)cc1. The second-order valence-corrected chi connectivity index (χ2v) is 8.47. The van der Waals surface area contributed by atoms with Crippen molar-refractivity contribution in [2.24, 2.45) is 0 Å². The maximum absolute atomic E-state index is 13.0. The monoisotopic (exact) mass is 473 g/mol. The molecule has 28 heavy (non-hydrogen) atoms. The number of hydrogen-bond donors (Lipinski definition) is 1. The topological polar surface area (TPSA) is 46.2 Å². The lowest BCUT2D eigenvalue weighted by atomic mass is 10.1. The summed E-state index contributed by atoms with van der Waals surface area (Å²) in [5.74, 6) is 0.147. The third-order valence-corrected chi connectivity index (χ3v) is 5.94. The first-order chi connectivity index (χ1) is 13.5. The van der Waals surface area contributed by atoms with Gasteiger partial charge in [0.25, 0.3) is 5.91 Å². The van der Waals surface area contributed by atoms with Crippen LogP contribution >= 0.6 is 39.3 Å². The van der Waals surface area contributed by atoms with E-state index in [1.165, 1.54) is 11.8 Å². The Morgan fingerprint density at radius 3 is 2.14 bits per heavy atom. The van der Waals surface area contributed by atoms with Crippen LogP contribution in [0.2, 0.25) is 5.02 Å². The van der Waals surface area contributed by atoms with Gasteiger partial charge in [0, 0.05) is 26.4 Å². The van der Waals surface area contributed by atoms with Crippen LogP contribution < -0.4 is 5.32 Å². The lowest BCUT2D eigenvalue weighted by Gasteiger charge is -2.18. The fourth-order valence-corrected chi connectivity index (χ4v) is 3.93. The summed E-state index contributed by atoms with van der Waals surface area (Å²) < 4.78 is 0.885. The van der Waals surface area contributed by atoms with Crippen molar-refractivity contribution in [2.75, 3.05) is 0 Å². The third-order valence-electron chi connectivity index (χ3n) is 3.99. The van der Waals surface area contributed by atoms with E-state index in [0.717, 1.165) is 10.0 Å². The van der Waals surface area contributed by atoms with Crippen molar-refractivity contribution in [1.82, 2.24) is 5.32 Å². The van der Waals surface area contributed by atoms with Gasteiger partial charge in [0.15, 0.2) is 5.78 Å². The van der Waals surface area contributed by atoms with Gasteiger partial charge in [-0.3, -0.25) is 9.59 Å². The molecule has 0 aliphatic carbocycles. The summed E-state index contributed by atoms with van der Waals surface area (Å²) in [6.45, 7) is 0. The fraction of sp³-hybridized carbons (Fsp3) is 0.0909. The predicted octanol–water partition coefficient (Wildman–Crippen LogP) is 5.97. The third kappa shape index (κ3) is 5.71. The Balaban J connectivity index is 1.78. The van der Waals surface area contributed by atoms with E-state index in [0.29, 0.717) is 21.9 Å². The number of rotatable bonds is 7. The molecule has 0 aliphatic heterocycles. The van der Waals surface area contributed by atoms with Crippen LogP contribution in [0, 0.1) is 0 Å². The maximum atomic E-state index is 13.0. The number of hydrogen-bond acceptors (Lipinski definition) is 3. The average Bonchev–Trinajstić information content (AvgIpc) is 2.72. The Morgan fingerprint density at radius 1 is 0.893 bits per heavy atom. The molecule has 0 aromatic heterocycles. The highest BCUT2D eigenvalue weighted by Crippen LogP contribution is 2.22. The van der Waals surface area contributed by atoms with Gasteiger partial charge in [-0.1, -0.05) is 57.9 Å². The zero-order valence-electron chi connectivity index (χ0n) is 14.8. The number of amides is 1. The van der Waals surface area contributed by atoms with Crippen LogP contribution in [0.1, 0.15) is 26.3 Å². The first kappa shape index (κ1) is 20.6. The van der Waals surface area contributed by atoms with Crippen molar-refractivity contribution in [2.45, 2.75) is 11.1 Å². The number of nitrogens with one attached hydrogen (secondary N) is 1. The van der Waals surface area contributed by atoms with Crippen LogP contribution in [0.4, 0.5) is 0 Å². The molecule has 0 saturated carbocycles. The van der Waals surface area contributed by atoms with Crippen LogP contribution in [0.3, 0.4) is 0 Å². The van der Waals surface area contributed by atoms with Gasteiger partial charge in [0.2, 0.25) is 0 Å². The molecule has 0 radical (unpaired) electrons. The fourth-order valence-electron chi connectivity index (χ4n) is 2.51. The standard InChI is InChI=1S/C22H17BrClNO2S/c23-18-10-6-17(7-11-18)21(27)25-22(28-14-15-4-2-1-3-5-15)20(26)16-8-12-19(24)13-9-16/h1-13,22H,14H2,(H,25,27). The van der Waals surface area contributed by atoms with Gasteiger partial charge in [-0.15, -0.1) is 11.8 Å². The number of carbonyl (C=O) groups excluding carboxylic acids is 2. The molecular formula is C22H17BrClNO2S. The first-order valence-electron chi connectivity index (χ1n) is 8.54. The Morgan fingerprint density at radius 2 is 1.50 bits per heavy atom. The van der Waals surface area contributed by atoms with E-state index in [1.807, 2.05) is 30.3 Å². The van der Waals surface area contributed by atoms with Gasteiger partial charge in [0.1, 0.15) is 5.37 Å². The molecule has 0 bridgehead atoms. The predicted molar refractivity (Wildman–Crippen MR) is 119 cm³/mol. The summed E-state index contributed by atoms with van der Waals surface area (Å²) >= 11 is 10.7. The lowest BCUT2D eigenvalue weighted by Crippen LogP contribution is -2.38. The molecule has 0 heterocycles. The second-order valence-electron chi connectivity index (χ2n) is 6.03. The van der Waals surface area contributed by atoms with Crippen molar-refractivity contribution in [3.63, 3.8) is 0 Å². The Hall–Kier alpha value is -2.08. The number of carbonyl (C=O) groups is 2. The Bertz CT molecular complexity index is 947. The van der Waals surface area contributed by atoms with Crippen LogP contribution in [0.5, 0.6) is 0 Å². The molecule has 3 aromatic carbocycles. The molecule has 1 atom stereocenters. The summed E-state index contributed by atoms with van der Waals surface area (Å²) in [6.07, 6.45) is 0. The largest absolute Gasteiger partial charge is 0.333 e. The van der Waals surface area contributed by atoms with Gasteiger partial charge in [-0.25, -0.2) is 0 Å². The number of halogens is 2. The highest BCUT2D eigenvalue weighted by Gasteiger charge is 2.23. The first-order valence-corrected chi connectivity index (χ1v) is 10.8. The lowest BCUT2D eigenvalue weighted by molar-refractivity contribution is 0.0892. The molecule has 0 spiro atoms. The number of ketones is 1. The second kappa shape index (κ2) is 9.92. The minimum atomic E-state index is -0.711. The molecule has 3 nitrogen and oxygen atoms in total. The zero-order chi connectivity index (χ0) is 19.9. The van der Waals surface area contributed by atoms with Gasteiger partial charge < -0.3 is 5.32 Å². The van der Waals surface area contributed by atoms with Crippen molar-refractivity contribution in [1.29, 1.82) is 0 Å². The van der Waals surface area contributed by atoms with E-state index >= 15 is 0 Å². The van der Waals surface area contributed by atoms with Crippen LogP contribution in [-0.2, 0) is 5.75 Å². The molecule has 0 fully saturated rings. The van der Waals surface area contributed by atoms with Crippen molar-refractivity contribution in [3.8, 4) is 0 Å². The smallest absolute Gasteiger partial charge is 0.252 e. The van der Waals surface area contributed by atoms with E-state index in [1.54, 1.807) is 48.5 Å². The highest BCUT2D eigenvalue weighted by atomic mass is 79.9. The molecule has 1 N–H and O–H groups in total. The van der Waals surface area contributed by atoms with Gasteiger partial charge in [0.05, 0.1) is 0 Å². The molecule has 3 rings (SSSR count). The normalized spacial score (nSPS) is 11.6. The minimum Gasteiger partial charge on any atom is -0.333 e. The number of thioether (sulfide) groups is 1. The van der Waals surface area contributed by atoms with Crippen LogP contribution in [0.25, 0.3) is 0 Å². The van der Waals surface area contributed by atoms with Crippen LogP contribution in [0.15, 0.2) is 83.3 Å². The maximum Gasteiger partial charge on any atom is 0.252 e. The molecule has 3 aromatic rings. The van der Waals surface area contributed by atoms with E-state index < -0.39 is 5.37 Å². The minimum absolute atomic E-state index is 0.164. The number of Topliss-reactive ketones (excluding diaryl/α,β-unsaturated/α-hetero) is 1. The average molecular weight is 475 g/mol. The van der Waals surface area contributed by atoms with Gasteiger partial charge in [-0.05, 0) is 54.1 Å². The van der Waals surface area contributed by atoms with Crippen molar-refractivity contribution >= 4 is 51.0 Å². The molecule has 6 heteroatoms.